The molecule has 3 aromatic rings. The molecular weight excluding hydrogens is 630 g/mol. The molecule has 1 saturated heterocycles. The topological polar surface area (TPSA) is 113 Å². The molecule has 8 nitrogen and oxygen atoms in total. The summed E-state index contributed by atoms with van der Waals surface area (Å²) in [7, 11) is 0. The highest BCUT2D eigenvalue weighted by atomic mass is 35.5. The molecule has 250 valence electrons. The van der Waals surface area contributed by atoms with Crippen molar-refractivity contribution >= 4 is 17.7 Å². The predicted molar refractivity (Wildman–Crippen MR) is 172 cm³/mol. The largest absolute Gasteiger partial charge is 0.488 e. The van der Waals surface area contributed by atoms with Crippen molar-refractivity contribution in [2.45, 2.75) is 83.9 Å². The molecule has 47 heavy (non-hydrogen) atoms. The molecule has 1 fully saturated rings. The molecule has 0 saturated carbocycles. The Morgan fingerprint density at radius 3 is 2.51 bits per heavy atom. The number of fused-ring (bicyclic) bond motifs is 1. The monoisotopic (exact) mass is 668 g/mol. The van der Waals surface area contributed by atoms with Gasteiger partial charge in [-0.25, -0.2) is 13.6 Å². The number of carbonyl (C=O) groups excluding carboxylic acids is 1. The summed E-state index contributed by atoms with van der Waals surface area (Å²) in [4.78, 5) is 12.3. The number of hydrogen-bond donors (Lipinski definition) is 1. The zero-order chi connectivity index (χ0) is 34.1. The summed E-state index contributed by atoms with van der Waals surface area (Å²) in [5.74, 6) is -2.62. The fourth-order valence-corrected chi connectivity index (χ4v) is 6.90. The van der Waals surface area contributed by atoms with Gasteiger partial charge in [-0.15, -0.1) is 0 Å². The zero-order valence-electron chi connectivity index (χ0n) is 27.1. The Labute approximate surface area is 278 Å². The highest BCUT2D eigenvalue weighted by Gasteiger charge is 2.59. The normalized spacial score (nSPS) is 22.0. The van der Waals surface area contributed by atoms with Crippen LogP contribution in [0, 0.1) is 28.4 Å². The first-order chi connectivity index (χ1) is 22.3. The number of benzene rings is 3. The Hall–Kier alpha value is -3.91. The van der Waals surface area contributed by atoms with Crippen molar-refractivity contribution in [2.75, 3.05) is 13.2 Å². The summed E-state index contributed by atoms with van der Waals surface area (Å²) in [6, 6.07) is 14.9. The van der Waals surface area contributed by atoms with Crippen molar-refractivity contribution in [2.24, 2.45) is 11.1 Å². The van der Waals surface area contributed by atoms with Gasteiger partial charge in [0.05, 0.1) is 22.8 Å². The quantitative estimate of drug-likeness (QED) is 0.244. The van der Waals surface area contributed by atoms with Crippen LogP contribution in [0.2, 0.25) is 5.02 Å². The molecule has 2 N–H and O–H groups in total. The maximum absolute atomic E-state index is 16.6. The number of primary amides is 1. The number of ether oxygens (including phenoxy) is 5. The summed E-state index contributed by atoms with van der Waals surface area (Å²) in [5, 5.41) is 9.72. The number of amides is 1. The van der Waals surface area contributed by atoms with E-state index in [4.69, 9.17) is 41.0 Å². The average molecular weight is 669 g/mol. The van der Waals surface area contributed by atoms with Crippen molar-refractivity contribution in [1.29, 1.82) is 5.26 Å². The lowest BCUT2D eigenvalue weighted by molar-refractivity contribution is -0.189. The van der Waals surface area contributed by atoms with Crippen molar-refractivity contribution in [1.82, 2.24) is 0 Å². The standard InChI is InChI=1S/C36H39ClF2N2O6/c1-20(45-27-13-9-10-16-43-27)19-44-25-15-14-22(18-40)29(32(25)39)30-28-21(2)36(23-11-7-6-8-12-23,33(35(3,4)5)46-34(41)42)47-26(28)17-24(38)31(30)37/h6-8,11-12,14-15,17,20-21,27,33H,9-10,13,16,19H2,1-5H3,(H2,41,42)/t20-,21?,27-,33?,36?/m0/s1. The highest BCUT2D eigenvalue weighted by molar-refractivity contribution is 6.34. The number of rotatable bonds is 9. The van der Waals surface area contributed by atoms with Gasteiger partial charge in [-0.3, -0.25) is 0 Å². The van der Waals surface area contributed by atoms with Crippen LogP contribution in [0.4, 0.5) is 13.6 Å². The molecule has 5 rings (SSSR count). The number of halogens is 3. The van der Waals surface area contributed by atoms with E-state index in [0.29, 0.717) is 17.7 Å². The smallest absolute Gasteiger partial charge is 0.404 e. The maximum Gasteiger partial charge on any atom is 0.404 e. The number of hydrogen-bond acceptors (Lipinski definition) is 7. The van der Waals surface area contributed by atoms with E-state index in [9.17, 15) is 10.1 Å². The van der Waals surface area contributed by atoms with Crippen molar-refractivity contribution in [3.63, 3.8) is 0 Å². The molecular formula is C36H39ClF2N2O6. The molecule has 5 atom stereocenters. The summed E-state index contributed by atoms with van der Waals surface area (Å²) in [5.41, 5.74) is 3.94. The van der Waals surface area contributed by atoms with Crippen LogP contribution in [-0.2, 0) is 19.8 Å². The fraction of sp³-hybridized carbons (Fsp3) is 0.444. The van der Waals surface area contributed by atoms with Crippen LogP contribution in [0.5, 0.6) is 11.5 Å². The van der Waals surface area contributed by atoms with Crippen LogP contribution in [0.15, 0.2) is 48.5 Å². The number of nitriles is 1. The van der Waals surface area contributed by atoms with Gasteiger partial charge in [0.1, 0.15) is 18.2 Å². The van der Waals surface area contributed by atoms with Gasteiger partial charge < -0.3 is 29.4 Å². The van der Waals surface area contributed by atoms with Crippen molar-refractivity contribution in [3.05, 3.63) is 81.9 Å². The van der Waals surface area contributed by atoms with Gasteiger partial charge in [-0.05, 0) is 43.9 Å². The Morgan fingerprint density at radius 2 is 1.89 bits per heavy atom. The number of nitrogens with zero attached hydrogens (tertiary/aromatic N) is 1. The van der Waals surface area contributed by atoms with Gasteiger partial charge in [0, 0.05) is 40.7 Å². The molecule has 2 aliphatic rings. The van der Waals surface area contributed by atoms with Crippen molar-refractivity contribution in [3.8, 4) is 28.7 Å². The van der Waals surface area contributed by atoms with E-state index < -0.39 is 51.9 Å². The lowest BCUT2D eigenvalue weighted by Gasteiger charge is -2.45. The minimum atomic E-state index is -1.45. The third-order valence-corrected chi connectivity index (χ3v) is 9.05. The van der Waals surface area contributed by atoms with E-state index in [1.54, 1.807) is 38.1 Å². The predicted octanol–water partition coefficient (Wildman–Crippen LogP) is 8.37. The molecule has 11 heteroatoms. The third-order valence-electron chi connectivity index (χ3n) is 8.68. The van der Waals surface area contributed by atoms with E-state index in [1.807, 2.05) is 32.9 Å². The molecule has 0 radical (unpaired) electrons. The van der Waals surface area contributed by atoms with Crippen LogP contribution in [0.1, 0.15) is 76.5 Å². The Morgan fingerprint density at radius 1 is 1.17 bits per heavy atom. The van der Waals surface area contributed by atoms with Crippen molar-refractivity contribution < 1.29 is 37.3 Å². The molecule has 0 aliphatic carbocycles. The van der Waals surface area contributed by atoms with Gasteiger partial charge in [0.25, 0.3) is 0 Å². The van der Waals surface area contributed by atoms with Crippen LogP contribution < -0.4 is 15.2 Å². The summed E-state index contributed by atoms with van der Waals surface area (Å²) in [6.07, 6.45) is -0.0970. The second-order valence-electron chi connectivity index (χ2n) is 13.1. The molecule has 3 unspecified atom stereocenters. The van der Waals surface area contributed by atoms with Gasteiger partial charge in [-0.1, -0.05) is 69.6 Å². The molecule has 0 bridgehead atoms. The lowest BCUT2D eigenvalue weighted by atomic mass is 9.67. The lowest BCUT2D eigenvalue weighted by Crippen LogP contribution is -2.54. The third kappa shape index (κ3) is 6.62. The summed E-state index contributed by atoms with van der Waals surface area (Å²) >= 11 is 6.67. The first-order valence-electron chi connectivity index (χ1n) is 15.6. The zero-order valence-corrected chi connectivity index (χ0v) is 27.8. The van der Waals surface area contributed by atoms with Gasteiger partial charge >= 0.3 is 6.09 Å². The molecule has 3 aromatic carbocycles. The SMILES string of the molecule is CC1c2c(cc(F)c(Cl)c2-c2c(C#N)ccc(OC[C@H](C)O[C@H]3CCCCO3)c2F)OC1(c1ccccc1)C(OC(N)=O)C(C)(C)C. The van der Waals surface area contributed by atoms with E-state index in [0.717, 1.165) is 25.3 Å². The van der Waals surface area contributed by atoms with Crippen LogP contribution in [-0.4, -0.2) is 37.8 Å². The maximum atomic E-state index is 16.6. The van der Waals surface area contributed by atoms with Crippen LogP contribution >= 0.6 is 11.6 Å². The van der Waals surface area contributed by atoms with E-state index in [2.05, 4.69) is 0 Å². The Bertz CT molecular complexity index is 1670. The fourth-order valence-electron chi connectivity index (χ4n) is 6.65. The molecule has 0 spiro atoms. The van der Waals surface area contributed by atoms with E-state index >= 15 is 8.78 Å². The van der Waals surface area contributed by atoms with Gasteiger partial charge in [0.15, 0.2) is 29.6 Å². The highest BCUT2D eigenvalue weighted by Crippen LogP contribution is 2.60. The first-order valence-corrected chi connectivity index (χ1v) is 16.0. The summed E-state index contributed by atoms with van der Waals surface area (Å²) < 4.78 is 62.2. The minimum Gasteiger partial charge on any atom is -0.488 e. The molecule has 2 heterocycles. The van der Waals surface area contributed by atoms with Gasteiger partial charge in [-0.2, -0.15) is 5.26 Å². The molecule has 1 amide bonds. The number of nitrogens with two attached hydrogens (primary N) is 1. The van der Waals surface area contributed by atoms with Crippen LogP contribution in [0.25, 0.3) is 11.1 Å². The average Bonchev–Trinajstić information content (AvgIpc) is 3.32. The van der Waals surface area contributed by atoms with Gasteiger partial charge in [0.2, 0.25) is 0 Å². The minimum absolute atomic E-state index is 0.00847. The van der Waals surface area contributed by atoms with Crippen LogP contribution in [0.3, 0.4) is 0 Å². The van der Waals surface area contributed by atoms with E-state index in [1.165, 1.54) is 12.1 Å². The Kier molecular flexibility index (Phi) is 10.0. The first kappa shape index (κ1) is 34.4. The molecule has 0 aromatic heterocycles. The Balaban J connectivity index is 1.64. The second-order valence-corrected chi connectivity index (χ2v) is 13.5. The second kappa shape index (κ2) is 13.7. The number of carbonyl (C=O) groups is 1. The summed E-state index contributed by atoms with van der Waals surface area (Å²) in [6.45, 7) is 9.78. The van der Waals surface area contributed by atoms with E-state index in [-0.39, 0.29) is 41.1 Å². The molecule has 2 aliphatic heterocycles.